The molecule has 0 amide bonds. The van der Waals surface area contributed by atoms with Gasteiger partial charge in [0.15, 0.2) is 17.2 Å². The van der Waals surface area contributed by atoms with Crippen LogP contribution in [-0.2, 0) is 6.42 Å². The van der Waals surface area contributed by atoms with Gasteiger partial charge in [-0.1, -0.05) is 5.16 Å². The van der Waals surface area contributed by atoms with Crippen LogP contribution in [0, 0.1) is 0 Å². The Hall–Kier alpha value is -2.12. The number of ether oxygens (including phenoxy) is 3. The number of nitrogens with zero attached hydrogens (tertiary/aromatic N) is 1. The number of halogens is 3. The van der Waals surface area contributed by atoms with E-state index in [0.717, 1.165) is 0 Å². The standard InChI is InChI=1S/C12H14F3NO4/c1-18-8-4-7(5-9(19-2)11(8)20-3)6-10(16-17)12(13,14)15/h4-5,17H,6H2,1-3H3/b16-10-. The highest BCUT2D eigenvalue weighted by Gasteiger charge is 2.36. The second-order valence-corrected chi connectivity index (χ2v) is 3.75. The van der Waals surface area contributed by atoms with Crippen LogP contribution in [0.4, 0.5) is 13.2 Å². The first kappa shape index (κ1) is 15.9. The van der Waals surface area contributed by atoms with E-state index in [2.05, 4.69) is 5.16 Å². The first-order valence-corrected chi connectivity index (χ1v) is 5.44. The number of alkyl halides is 3. The zero-order valence-corrected chi connectivity index (χ0v) is 11.1. The van der Waals surface area contributed by atoms with Crippen LogP contribution in [0.15, 0.2) is 17.3 Å². The van der Waals surface area contributed by atoms with Gasteiger partial charge in [0.2, 0.25) is 5.75 Å². The van der Waals surface area contributed by atoms with Gasteiger partial charge >= 0.3 is 6.18 Å². The number of rotatable bonds is 5. The molecule has 0 aliphatic rings. The predicted molar refractivity (Wildman–Crippen MR) is 65.1 cm³/mol. The molecule has 0 heterocycles. The van der Waals surface area contributed by atoms with Crippen LogP contribution in [0.5, 0.6) is 17.2 Å². The summed E-state index contributed by atoms with van der Waals surface area (Å²) in [7, 11) is 4.09. The summed E-state index contributed by atoms with van der Waals surface area (Å²) in [6.07, 6.45) is -5.33. The zero-order valence-electron chi connectivity index (χ0n) is 11.1. The lowest BCUT2D eigenvalue weighted by atomic mass is 10.1. The monoisotopic (exact) mass is 293 g/mol. The average Bonchev–Trinajstić information content (AvgIpc) is 2.41. The van der Waals surface area contributed by atoms with Crippen molar-refractivity contribution in [1.82, 2.24) is 0 Å². The van der Waals surface area contributed by atoms with Gasteiger partial charge in [0.1, 0.15) is 0 Å². The fourth-order valence-electron chi connectivity index (χ4n) is 1.62. The highest BCUT2D eigenvalue weighted by atomic mass is 19.4. The largest absolute Gasteiger partial charge is 0.493 e. The topological polar surface area (TPSA) is 60.3 Å². The van der Waals surface area contributed by atoms with E-state index in [9.17, 15) is 13.2 Å². The summed E-state index contributed by atoms with van der Waals surface area (Å²) < 4.78 is 52.7. The van der Waals surface area contributed by atoms with Crippen LogP contribution in [0.25, 0.3) is 0 Å². The summed E-state index contributed by atoms with van der Waals surface area (Å²) in [6.45, 7) is 0. The van der Waals surface area contributed by atoms with Gasteiger partial charge in [-0.15, -0.1) is 0 Å². The molecule has 20 heavy (non-hydrogen) atoms. The normalized spacial score (nSPS) is 12.2. The van der Waals surface area contributed by atoms with Crippen molar-refractivity contribution in [2.24, 2.45) is 5.16 Å². The van der Waals surface area contributed by atoms with E-state index >= 15 is 0 Å². The molecule has 1 N–H and O–H groups in total. The van der Waals surface area contributed by atoms with E-state index in [1.165, 1.54) is 33.5 Å². The van der Waals surface area contributed by atoms with Gasteiger partial charge in [-0.3, -0.25) is 0 Å². The van der Waals surface area contributed by atoms with Crippen LogP contribution >= 0.6 is 0 Å². The third-order valence-corrected chi connectivity index (χ3v) is 2.54. The summed E-state index contributed by atoms with van der Waals surface area (Å²) >= 11 is 0. The minimum atomic E-state index is -4.71. The van der Waals surface area contributed by atoms with Crippen molar-refractivity contribution in [2.75, 3.05) is 21.3 Å². The zero-order chi connectivity index (χ0) is 15.3. The lowest BCUT2D eigenvalue weighted by Gasteiger charge is -2.15. The molecule has 1 aromatic rings. The van der Waals surface area contributed by atoms with Crippen molar-refractivity contribution in [3.8, 4) is 17.2 Å². The summed E-state index contributed by atoms with van der Waals surface area (Å²) in [5.74, 6) is 0.718. The molecule has 0 aromatic heterocycles. The molecule has 0 bridgehead atoms. The SMILES string of the molecule is COc1cc(C/C(=N/O)C(F)(F)F)cc(OC)c1OC. The van der Waals surface area contributed by atoms with Crippen LogP contribution in [0.3, 0.4) is 0 Å². The molecule has 1 aromatic carbocycles. The molecule has 0 fully saturated rings. The molecule has 8 heteroatoms. The smallest absolute Gasteiger partial charge is 0.433 e. The Bertz CT molecular complexity index is 475. The maximum Gasteiger partial charge on any atom is 0.433 e. The van der Waals surface area contributed by atoms with E-state index < -0.39 is 18.3 Å². The van der Waals surface area contributed by atoms with Gasteiger partial charge in [-0.05, 0) is 17.7 Å². The third-order valence-electron chi connectivity index (χ3n) is 2.54. The van der Waals surface area contributed by atoms with Crippen molar-refractivity contribution < 1.29 is 32.6 Å². The quantitative estimate of drug-likeness (QED) is 0.515. The van der Waals surface area contributed by atoms with E-state index in [4.69, 9.17) is 19.4 Å². The highest BCUT2D eigenvalue weighted by molar-refractivity contribution is 5.91. The fourth-order valence-corrected chi connectivity index (χ4v) is 1.62. The van der Waals surface area contributed by atoms with Crippen LogP contribution in [-0.4, -0.2) is 38.4 Å². The molecule has 0 atom stereocenters. The van der Waals surface area contributed by atoms with Crippen molar-refractivity contribution in [3.63, 3.8) is 0 Å². The maximum atomic E-state index is 12.5. The number of oxime groups is 1. The maximum absolute atomic E-state index is 12.5. The van der Waals surface area contributed by atoms with Crippen molar-refractivity contribution in [1.29, 1.82) is 0 Å². The van der Waals surface area contributed by atoms with Gasteiger partial charge in [-0.2, -0.15) is 13.2 Å². The number of hydrogen-bond donors (Lipinski definition) is 1. The minimum Gasteiger partial charge on any atom is -0.493 e. The lowest BCUT2D eigenvalue weighted by molar-refractivity contribution is -0.0622. The van der Waals surface area contributed by atoms with Gasteiger partial charge in [0.05, 0.1) is 21.3 Å². The molecule has 5 nitrogen and oxygen atoms in total. The van der Waals surface area contributed by atoms with E-state index in [-0.39, 0.29) is 22.8 Å². The average molecular weight is 293 g/mol. The molecule has 0 unspecified atom stereocenters. The van der Waals surface area contributed by atoms with Gasteiger partial charge in [-0.25, -0.2) is 0 Å². The Morgan fingerprint density at radius 3 is 1.90 bits per heavy atom. The number of hydrogen-bond acceptors (Lipinski definition) is 5. The highest BCUT2D eigenvalue weighted by Crippen LogP contribution is 2.38. The first-order valence-electron chi connectivity index (χ1n) is 5.44. The summed E-state index contributed by atoms with van der Waals surface area (Å²) in [5, 5.41) is 10.7. The van der Waals surface area contributed by atoms with Gasteiger partial charge in [0.25, 0.3) is 0 Å². The Kier molecular flexibility index (Phi) is 5.06. The Morgan fingerprint density at radius 2 is 1.60 bits per heavy atom. The molecular weight excluding hydrogens is 279 g/mol. The second-order valence-electron chi connectivity index (χ2n) is 3.75. The molecule has 1 rings (SSSR count). The van der Waals surface area contributed by atoms with Crippen LogP contribution in [0.2, 0.25) is 0 Å². The summed E-state index contributed by atoms with van der Waals surface area (Å²) in [4.78, 5) is 0. The van der Waals surface area contributed by atoms with Crippen LogP contribution < -0.4 is 14.2 Å². The third kappa shape index (κ3) is 3.46. The van der Waals surface area contributed by atoms with Crippen LogP contribution in [0.1, 0.15) is 5.56 Å². The van der Waals surface area contributed by atoms with E-state index in [1.807, 2.05) is 0 Å². The van der Waals surface area contributed by atoms with Gasteiger partial charge in [0, 0.05) is 6.42 Å². The number of methoxy groups -OCH3 is 3. The predicted octanol–water partition coefficient (Wildman–Crippen LogP) is 2.65. The summed E-state index contributed by atoms with van der Waals surface area (Å²) in [6, 6.07) is 2.72. The first-order chi connectivity index (χ1) is 9.37. The second kappa shape index (κ2) is 6.36. The Balaban J connectivity index is 3.20. The molecule has 0 saturated carbocycles. The number of benzene rings is 1. The van der Waals surface area contributed by atoms with E-state index in [0.29, 0.717) is 0 Å². The molecule has 0 radical (unpaired) electrons. The lowest BCUT2D eigenvalue weighted by Crippen LogP contribution is -2.25. The van der Waals surface area contributed by atoms with Crippen molar-refractivity contribution >= 4 is 5.71 Å². The molecule has 0 spiro atoms. The van der Waals surface area contributed by atoms with Gasteiger partial charge < -0.3 is 19.4 Å². The van der Waals surface area contributed by atoms with Crippen molar-refractivity contribution in [3.05, 3.63) is 17.7 Å². The molecule has 0 aliphatic carbocycles. The molecular formula is C12H14F3NO4. The Labute approximate surface area is 113 Å². The minimum absolute atomic E-state index is 0.213. The molecule has 112 valence electrons. The molecule has 0 saturated heterocycles. The molecule has 0 aliphatic heterocycles. The summed E-state index contributed by atoms with van der Waals surface area (Å²) in [5.41, 5.74) is -1.10. The van der Waals surface area contributed by atoms with Crippen molar-refractivity contribution in [2.45, 2.75) is 12.6 Å². The fraction of sp³-hybridized carbons (Fsp3) is 0.417. The Morgan fingerprint density at radius 1 is 1.10 bits per heavy atom. The van der Waals surface area contributed by atoms with E-state index in [1.54, 1.807) is 0 Å².